The summed E-state index contributed by atoms with van der Waals surface area (Å²) < 4.78 is 0.735. The van der Waals surface area contributed by atoms with Crippen molar-refractivity contribution in [2.24, 2.45) is 0 Å². The van der Waals surface area contributed by atoms with E-state index in [1.807, 2.05) is 0 Å². The fourth-order valence-electron chi connectivity index (χ4n) is 0.553. The van der Waals surface area contributed by atoms with Gasteiger partial charge in [0.2, 0.25) is 0 Å². The van der Waals surface area contributed by atoms with Gasteiger partial charge in [-0.05, 0) is 6.07 Å². The van der Waals surface area contributed by atoms with Crippen LogP contribution in [0.1, 0.15) is 5.56 Å². The van der Waals surface area contributed by atoms with Crippen molar-refractivity contribution in [1.82, 2.24) is 4.68 Å². The van der Waals surface area contributed by atoms with Gasteiger partial charge in [0.25, 0.3) is 0 Å². The minimum Gasteiger partial charge on any atom is -0.234 e. The maximum atomic E-state index is 9.99. The third kappa shape index (κ3) is 0.951. The van der Waals surface area contributed by atoms with Gasteiger partial charge < -0.3 is 0 Å². The van der Waals surface area contributed by atoms with Crippen LogP contribution in [0.25, 0.3) is 0 Å². The lowest BCUT2D eigenvalue weighted by molar-refractivity contribution is -0.542. The van der Waals surface area contributed by atoms with Crippen molar-refractivity contribution in [3.05, 3.63) is 34.1 Å². The number of rotatable bonds is 1. The zero-order valence-corrected chi connectivity index (χ0v) is 4.89. The molecule has 0 radical (unpaired) electrons. The second-order valence-corrected chi connectivity index (χ2v) is 1.63. The Kier molecular flexibility index (Phi) is 1.38. The molecular weight excluding hydrogens is 134 g/mol. The molecule has 0 saturated heterocycles. The average Bonchev–Trinajstić information content (AvgIpc) is 2.34. The quantitative estimate of drug-likeness (QED) is 0.415. The molecule has 5 heteroatoms. The SMILES string of the molecule is N#Cc1ccn([N+](=O)[O-])c1. The zero-order valence-electron chi connectivity index (χ0n) is 4.89. The summed E-state index contributed by atoms with van der Waals surface area (Å²) in [7, 11) is 0. The molecule has 1 rings (SSSR count). The molecular formula is C5H3N3O2. The molecule has 1 aromatic heterocycles. The molecule has 1 aromatic rings. The lowest BCUT2D eigenvalue weighted by Gasteiger charge is -1.83. The molecule has 0 fully saturated rings. The van der Waals surface area contributed by atoms with E-state index < -0.39 is 5.03 Å². The normalized spacial score (nSPS) is 8.70. The van der Waals surface area contributed by atoms with Crippen LogP contribution in [0.3, 0.4) is 0 Å². The number of nitro groups is 1. The smallest absolute Gasteiger partial charge is 0.169 e. The maximum absolute atomic E-state index is 9.99. The number of nitrogens with zero attached hydrogens (tertiary/aromatic N) is 3. The molecule has 0 aliphatic rings. The summed E-state index contributed by atoms with van der Waals surface area (Å²) in [5.41, 5.74) is 0.289. The Hall–Kier alpha value is -1.83. The summed E-state index contributed by atoms with van der Waals surface area (Å²) in [6.45, 7) is 0. The van der Waals surface area contributed by atoms with Gasteiger partial charge in [-0.3, -0.25) is 0 Å². The van der Waals surface area contributed by atoms with Gasteiger partial charge in [0.1, 0.15) is 6.07 Å². The van der Waals surface area contributed by atoms with E-state index in [-0.39, 0.29) is 5.56 Å². The highest BCUT2D eigenvalue weighted by molar-refractivity contribution is 5.24. The molecule has 0 spiro atoms. The minimum absolute atomic E-state index is 0.289. The second-order valence-electron chi connectivity index (χ2n) is 1.63. The van der Waals surface area contributed by atoms with Gasteiger partial charge in [-0.2, -0.15) is 5.26 Å². The number of hydrogen-bond acceptors (Lipinski definition) is 3. The van der Waals surface area contributed by atoms with Crippen LogP contribution in [-0.2, 0) is 0 Å². The average molecular weight is 137 g/mol. The number of hydrogen-bond donors (Lipinski definition) is 0. The summed E-state index contributed by atoms with van der Waals surface area (Å²) in [6.07, 6.45) is 2.37. The molecule has 0 aliphatic carbocycles. The molecule has 5 nitrogen and oxygen atoms in total. The Labute approximate surface area is 56.2 Å². The molecule has 1 heterocycles. The lowest BCUT2D eigenvalue weighted by atomic mass is 10.4. The number of nitriles is 1. The highest BCUT2D eigenvalue weighted by Gasteiger charge is 2.00. The number of aromatic nitrogens is 1. The molecule has 0 aliphatic heterocycles. The van der Waals surface area contributed by atoms with E-state index in [0.717, 1.165) is 10.9 Å². The molecule has 0 N–H and O–H groups in total. The van der Waals surface area contributed by atoms with Crippen molar-refractivity contribution in [1.29, 1.82) is 5.26 Å². The first-order valence-electron chi connectivity index (χ1n) is 2.47. The van der Waals surface area contributed by atoms with Crippen molar-refractivity contribution in [3.63, 3.8) is 0 Å². The van der Waals surface area contributed by atoms with Crippen LogP contribution in [-0.4, -0.2) is 9.71 Å². The van der Waals surface area contributed by atoms with Gasteiger partial charge in [-0.25, -0.2) is 10.1 Å². The summed E-state index contributed by atoms with van der Waals surface area (Å²) in [5, 5.41) is 17.6. The van der Waals surface area contributed by atoms with Crippen LogP contribution in [0, 0.1) is 21.4 Å². The van der Waals surface area contributed by atoms with Crippen molar-refractivity contribution >= 4 is 0 Å². The van der Waals surface area contributed by atoms with E-state index >= 15 is 0 Å². The van der Waals surface area contributed by atoms with Crippen LogP contribution in [0.2, 0.25) is 0 Å². The topological polar surface area (TPSA) is 71.9 Å². The molecule has 0 saturated carbocycles. The Balaban J connectivity index is 3.02. The molecule has 0 unspecified atom stereocenters. The van der Waals surface area contributed by atoms with Crippen LogP contribution < -0.4 is 0 Å². The first-order chi connectivity index (χ1) is 4.74. The van der Waals surface area contributed by atoms with E-state index in [4.69, 9.17) is 5.26 Å². The van der Waals surface area contributed by atoms with Gasteiger partial charge in [0, 0.05) is 0 Å². The highest BCUT2D eigenvalue weighted by Crippen LogP contribution is 1.96. The largest absolute Gasteiger partial charge is 0.234 e. The maximum Gasteiger partial charge on any atom is 0.169 e. The van der Waals surface area contributed by atoms with Crippen LogP contribution in [0.4, 0.5) is 0 Å². The predicted molar refractivity (Wildman–Crippen MR) is 31.5 cm³/mol. The summed E-state index contributed by atoms with van der Waals surface area (Å²) >= 11 is 0. The first-order valence-corrected chi connectivity index (χ1v) is 2.47. The molecule has 0 bridgehead atoms. The second kappa shape index (κ2) is 2.19. The van der Waals surface area contributed by atoms with Gasteiger partial charge in [0.15, 0.2) is 5.03 Å². The third-order valence-electron chi connectivity index (χ3n) is 0.996. The molecule has 0 aromatic carbocycles. The highest BCUT2D eigenvalue weighted by atomic mass is 16.7. The van der Waals surface area contributed by atoms with Gasteiger partial charge in [0.05, 0.1) is 18.0 Å². The third-order valence-corrected chi connectivity index (χ3v) is 0.996. The molecule has 10 heavy (non-hydrogen) atoms. The van der Waals surface area contributed by atoms with E-state index in [0.29, 0.717) is 0 Å². The lowest BCUT2D eigenvalue weighted by Crippen LogP contribution is -2.04. The Bertz CT molecular complexity index is 296. The molecule has 50 valence electrons. The van der Waals surface area contributed by atoms with Crippen molar-refractivity contribution in [2.45, 2.75) is 0 Å². The summed E-state index contributed by atoms with van der Waals surface area (Å²) in [4.78, 5) is 9.99. The van der Waals surface area contributed by atoms with Crippen molar-refractivity contribution in [2.75, 3.05) is 0 Å². The van der Waals surface area contributed by atoms with E-state index in [2.05, 4.69) is 0 Å². The Morgan fingerprint density at radius 2 is 2.50 bits per heavy atom. The summed E-state index contributed by atoms with van der Waals surface area (Å²) in [5.74, 6) is 0. The van der Waals surface area contributed by atoms with E-state index in [1.54, 1.807) is 6.07 Å². The van der Waals surface area contributed by atoms with Crippen molar-refractivity contribution < 1.29 is 5.03 Å². The Morgan fingerprint density at radius 3 is 2.80 bits per heavy atom. The molecule has 0 atom stereocenters. The zero-order chi connectivity index (χ0) is 7.56. The summed E-state index contributed by atoms with van der Waals surface area (Å²) in [6, 6.07) is 3.15. The predicted octanol–water partition coefficient (Wildman–Crippen LogP) is 0.400. The van der Waals surface area contributed by atoms with E-state index in [9.17, 15) is 10.1 Å². The fourth-order valence-corrected chi connectivity index (χ4v) is 0.553. The Morgan fingerprint density at radius 1 is 1.80 bits per heavy atom. The fraction of sp³-hybridized carbons (Fsp3) is 0. The standard InChI is InChI=1S/C5H3N3O2/c6-3-5-1-2-7(4-5)8(9)10/h1-2,4H. The van der Waals surface area contributed by atoms with Gasteiger partial charge in [-0.1, -0.05) is 4.68 Å². The van der Waals surface area contributed by atoms with Crippen LogP contribution in [0.15, 0.2) is 18.5 Å². The minimum atomic E-state index is -0.610. The molecule has 0 amide bonds. The van der Waals surface area contributed by atoms with E-state index in [1.165, 1.54) is 12.3 Å². The van der Waals surface area contributed by atoms with Crippen molar-refractivity contribution in [3.8, 4) is 6.07 Å². The monoisotopic (exact) mass is 137 g/mol. The van der Waals surface area contributed by atoms with Gasteiger partial charge >= 0.3 is 0 Å². The first kappa shape index (κ1) is 6.29. The van der Waals surface area contributed by atoms with Crippen LogP contribution in [0.5, 0.6) is 0 Å². The van der Waals surface area contributed by atoms with Gasteiger partial charge in [-0.15, -0.1) is 0 Å². The van der Waals surface area contributed by atoms with Crippen LogP contribution >= 0.6 is 0 Å².